The van der Waals surface area contributed by atoms with Gasteiger partial charge in [0.15, 0.2) is 0 Å². The molecule has 2 amide bonds. The highest BCUT2D eigenvalue weighted by Crippen LogP contribution is 2.42. The summed E-state index contributed by atoms with van der Waals surface area (Å²) in [4.78, 5) is 63.8. The number of hydrogen-bond donors (Lipinski definition) is 0. The maximum Gasteiger partial charge on any atom is 0.418 e. The molecule has 4 aromatic heterocycles. The van der Waals surface area contributed by atoms with E-state index in [0.29, 0.717) is 50.0 Å². The first-order valence-corrected chi connectivity index (χ1v) is 22.8. The quantitative estimate of drug-likeness (QED) is 0.102. The Kier molecular flexibility index (Phi) is 19.6. The molecule has 2 aliphatic rings. The lowest BCUT2D eigenvalue weighted by atomic mass is 9.82. The van der Waals surface area contributed by atoms with Crippen molar-refractivity contribution in [2.75, 3.05) is 27.4 Å². The smallest absolute Gasteiger partial charge is 0.418 e. The molecule has 0 N–H and O–H groups in total. The van der Waals surface area contributed by atoms with Crippen LogP contribution in [-0.2, 0) is 21.9 Å². The zero-order chi connectivity index (χ0) is 51.0. The van der Waals surface area contributed by atoms with Crippen LogP contribution < -0.4 is 9.47 Å². The molecular weight excluding hydrogens is 968 g/mol. The van der Waals surface area contributed by atoms with E-state index < -0.39 is 94.6 Å². The molecule has 0 aromatic carbocycles. The third-order valence-corrected chi connectivity index (χ3v) is 13.0. The molecule has 0 aliphatic carbocycles. The van der Waals surface area contributed by atoms with E-state index in [-0.39, 0.29) is 25.9 Å². The van der Waals surface area contributed by atoms with Crippen LogP contribution in [0, 0.1) is 13.8 Å². The van der Waals surface area contributed by atoms with E-state index in [1.807, 2.05) is 27.7 Å². The fourth-order valence-corrected chi connectivity index (χ4v) is 9.76. The standard InChI is InChI=1S/2C21H22ClF3N2O3S.2CH3F/c1-3-6-16-20(19(22)29,30-14-11-13(2)31-12-14)8-5-10-27(16)18(28)17-15(21(23,24)25)7-4-9-26-17;1-3-5-17-20(19(22)29,30-14-10-13(2)31-12-14)7-4-9-27(17)18(28)15-11-26-8-6-16(15)21(23,24)25;2*1-2/h4,7,9,11-12,16H,3,5-6,8,10H2,1-2H3;6,8,10-12,17H,3-5,7,9H2,1-2H3;2*1H3/t16-,20+;17-,20+;;/m11../s1/i;;2*1D. The molecule has 2 aliphatic heterocycles. The van der Waals surface area contributed by atoms with Gasteiger partial charge in [0, 0.05) is 52.2 Å². The van der Waals surface area contributed by atoms with E-state index in [9.17, 15) is 54.3 Å². The average molecular weight is 1020 g/mol. The molecule has 0 radical (unpaired) electrons. The molecule has 2 saturated heterocycles. The van der Waals surface area contributed by atoms with Gasteiger partial charge in [-0.25, -0.2) is 0 Å². The minimum Gasteiger partial charge on any atom is -0.475 e. The summed E-state index contributed by atoms with van der Waals surface area (Å²) in [5.41, 5.74) is -6.52. The van der Waals surface area contributed by atoms with Crippen LogP contribution >= 0.6 is 45.9 Å². The van der Waals surface area contributed by atoms with E-state index in [2.05, 4.69) is 9.97 Å². The van der Waals surface area contributed by atoms with Crippen LogP contribution in [0.5, 0.6) is 11.5 Å². The number of aromatic nitrogens is 2. The maximum atomic E-state index is 13.5. The zero-order valence-corrected chi connectivity index (χ0v) is 39.4. The topological polar surface area (TPSA) is 119 Å². The molecule has 6 heterocycles. The Morgan fingerprint density at radius 3 is 1.62 bits per heavy atom. The van der Waals surface area contributed by atoms with Crippen LogP contribution in [0.4, 0.5) is 35.1 Å². The van der Waals surface area contributed by atoms with Crippen molar-refractivity contribution in [3.63, 3.8) is 0 Å². The molecule has 0 saturated carbocycles. The number of halogens is 10. The van der Waals surface area contributed by atoms with Gasteiger partial charge in [-0.15, -0.1) is 22.7 Å². The number of aryl methyl sites for hydroxylation is 2. The number of thiophene rings is 2. The van der Waals surface area contributed by atoms with Gasteiger partial charge < -0.3 is 19.3 Å². The van der Waals surface area contributed by atoms with Crippen LogP contribution in [0.25, 0.3) is 0 Å². The average Bonchev–Trinajstić information content (AvgIpc) is 3.90. The van der Waals surface area contributed by atoms with Crippen molar-refractivity contribution in [2.45, 2.75) is 115 Å². The first-order valence-electron chi connectivity index (χ1n) is 21.7. The highest BCUT2D eigenvalue weighted by Gasteiger charge is 2.55. The Labute approximate surface area is 398 Å². The zero-order valence-electron chi connectivity index (χ0n) is 38.2. The number of carbonyl (C=O) groups is 4. The molecular formula is C44H50Cl2F8N4O6S2. The monoisotopic (exact) mass is 1020 g/mol. The van der Waals surface area contributed by atoms with Crippen molar-refractivity contribution in [3.05, 3.63) is 91.8 Å². The van der Waals surface area contributed by atoms with Crippen LogP contribution in [-0.4, -0.2) is 92.7 Å². The van der Waals surface area contributed by atoms with Gasteiger partial charge >= 0.3 is 12.4 Å². The van der Waals surface area contributed by atoms with Crippen LogP contribution in [0.3, 0.4) is 0 Å². The SMILES string of the molecule is CCC[C@H]1N(C(=O)c2cnccc2C(F)(F)F)CCC[C@@]1(Oc1csc(C)c1)C(=O)Cl.CCC[C@H]1N(C(=O)c2ncccc2C(F)(F)F)CCC[C@@]1(Oc1csc(C)c1)C(=O)Cl.[2H]CF.[2H]CF. The number of carbonyl (C=O) groups excluding carboxylic acids is 4. The highest BCUT2D eigenvalue weighted by atomic mass is 35.5. The van der Waals surface area contributed by atoms with Gasteiger partial charge in [-0.2, -0.15) is 26.3 Å². The summed E-state index contributed by atoms with van der Waals surface area (Å²) in [6.45, 7) is 7.85. The van der Waals surface area contributed by atoms with E-state index in [1.165, 1.54) is 32.5 Å². The number of nitrogens with zero attached hydrogens (tertiary/aromatic N) is 4. The Bertz CT molecular complexity index is 2140. The predicted molar refractivity (Wildman–Crippen MR) is 237 cm³/mol. The maximum absolute atomic E-state index is 13.5. The molecule has 2 fully saturated rings. The number of rotatable bonds is 12. The minimum absolute atomic E-state index is 0.176. The van der Waals surface area contributed by atoms with Crippen molar-refractivity contribution in [2.24, 2.45) is 0 Å². The summed E-state index contributed by atoms with van der Waals surface area (Å²) >= 11 is 14.9. The summed E-state index contributed by atoms with van der Waals surface area (Å²) in [5.74, 6) is -0.839. The summed E-state index contributed by atoms with van der Waals surface area (Å²) in [7, 11) is -2.00. The largest absolute Gasteiger partial charge is 0.475 e. The van der Waals surface area contributed by atoms with Crippen LogP contribution in [0.2, 0.25) is 0 Å². The van der Waals surface area contributed by atoms with Crippen LogP contribution in [0.1, 0.15) is 110 Å². The summed E-state index contributed by atoms with van der Waals surface area (Å²) in [5, 5.41) is 1.93. The number of hydrogen-bond acceptors (Lipinski definition) is 10. The van der Waals surface area contributed by atoms with Crippen molar-refractivity contribution in [1.82, 2.24) is 19.8 Å². The normalized spacial score (nSPS) is 21.0. The minimum atomic E-state index is -4.74. The Hall–Kier alpha value is -4.40. The number of amides is 2. The van der Waals surface area contributed by atoms with E-state index in [0.717, 1.165) is 46.5 Å². The summed E-state index contributed by atoms with van der Waals surface area (Å²) in [6.07, 6.45) is -3.35. The molecule has 6 rings (SSSR count). The second-order valence-corrected chi connectivity index (χ2v) is 17.9. The Morgan fingerprint density at radius 1 is 0.773 bits per heavy atom. The van der Waals surface area contributed by atoms with Gasteiger partial charge in [-0.3, -0.25) is 37.9 Å². The molecule has 0 bridgehead atoms. The molecule has 10 nitrogen and oxygen atoms in total. The lowest BCUT2D eigenvalue weighted by molar-refractivity contribution is -0.139. The molecule has 66 heavy (non-hydrogen) atoms. The molecule has 4 aromatic rings. The highest BCUT2D eigenvalue weighted by molar-refractivity contribution is 7.10. The van der Waals surface area contributed by atoms with Gasteiger partial charge in [0.05, 0.1) is 45.8 Å². The number of ether oxygens (including phenoxy) is 2. The first kappa shape index (κ1) is 52.6. The van der Waals surface area contributed by atoms with E-state index in [4.69, 9.17) is 35.4 Å². The van der Waals surface area contributed by atoms with Crippen LogP contribution in [0.15, 0.2) is 59.7 Å². The molecule has 0 unspecified atom stereocenters. The van der Waals surface area contributed by atoms with Gasteiger partial charge in [0.2, 0.25) is 11.2 Å². The molecule has 4 atom stereocenters. The van der Waals surface area contributed by atoms with E-state index >= 15 is 0 Å². The molecule has 22 heteroatoms. The van der Waals surface area contributed by atoms with Crippen molar-refractivity contribution < 1.29 is 66.5 Å². The molecule has 364 valence electrons. The van der Waals surface area contributed by atoms with Gasteiger partial charge in [-0.1, -0.05) is 26.7 Å². The van der Waals surface area contributed by atoms with Gasteiger partial charge in [-0.05, 0) is 106 Å². The van der Waals surface area contributed by atoms with Crippen molar-refractivity contribution in [1.29, 1.82) is 0 Å². The number of piperidine rings is 2. The summed E-state index contributed by atoms with van der Waals surface area (Å²) in [6, 6.07) is 4.61. The predicted octanol–water partition coefficient (Wildman–Crippen LogP) is 12.1. The van der Waals surface area contributed by atoms with Crippen molar-refractivity contribution >= 4 is 68.2 Å². The third kappa shape index (κ3) is 13.0. The van der Waals surface area contributed by atoms with Gasteiger partial charge in [0.1, 0.15) is 17.2 Å². The number of likely N-dealkylation sites (tertiary alicyclic amines) is 2. The first-order chi connectivity index (χ1) is 32.0. The number of alkyl halides is 8. The fourth-order valence-electron chi connectivity index (χ4n) is 8.03. The third-order valence-electron chi connectivity index (χ3n) is 10.7. The van der Waals surface area contributed by atoms with Crippen molar-refractivity contribution in [3.8, 4) is 11.5 Å². The Balaban J connectivity index is 0.000000323. The lowest BCUT2D eigenvalue weighted by Gasteiger charge is -2.47. The van der Waals surface area contributed by atoms with E-state index in [1.54, 1.807) is 22.9 Å². The lowest BCUT2D eigenvalue weighted by Crippen LogP contribution is -2.64. The number of pyridine rings is 2. The second-order valence-electron chi connectivity index (χ2n) is 14.9. The molecule has 0 spiro atoms. The Morgan fingerprint density at radius 2 is 1.23 bits per heavy atom. The fraction of sp³-hybridized carbons (Fsp3) is 0.500. The second kappa shape index (κ2) is 24.6. The summed E-state index contributed by atoms with van der Waals surface area (Å²) < 4.78 is 124. The van der Waals surface area contributed by atoms with Gasteiger partial charge in [0.25, 0.3) is 22.3 Å².